The minimum Gasteiger partial charge on any atom is -0.484 e. The molecule has 1 N–H and O–H groups in total. The molecule has 1 amide bonds. The zero-order valence-electron chi connectivity index (χ0n) is 15.9. The molecule has 0 fully saturated rings. The van der Waals surface area contributed by atoms with E-state index in [0.29, 0.717) is 17.2 Å². The van der Waals surface area contributed by atoms with Crippen LogP contribution in [0, 0.1) is 11.3 Å². The smallest absolute Gasteiger partial charge is 0.258 e. The van der Waals surface area contributed by atoms with E-state index in [4.69, 9.17) is 10.00 Å². The van der Waals surface area contributed by atoms with Gasteiger partial charge in [0.1, 0.15) is 5.75 Å². The highest BCUT2D eigenvalue weighted by atomic mass is 32.1. The van der Waals surface area contributed by atoms with E-state index in [2.05, 4.69) is 49.5 Å². The first-order chi connectivity index (χ1) is 13.6. The van der Waals surface area contributed by atoms with Crippen LogP contribution in [0.25, 0.3) is 0 Å². The quantitative estimate of drug-likeness (QED) is 0.616. The van der Waals surface area contributed by atoms with Gasteiger partial charge in [0.15, 0.2) is 6.61 Å². The summed E-state index contributed by atoms with van der Waals surface area (Å²) in [6.07, 6.45) is 0. The number of nitrogens with one attached hydrogen (secondary N) is 1. The average molecular weight is 391 g/mol. The molecule has 28 heavy (non-hydrogen) atoms. The summed E-state index contributed by atoms with van der Waals surface area (Å²) in [5, 5.41) is 13.9. The second-order valence-electron chi connectivity index (χ2n) is 6.76. The summed E-state index contributed by atoms with van der Waals surface area (Å²) >= 11 is 1.61. The molecular formula is C23H22N2O2S. The number of nitrogens with zero attached hydrogens (tertiary/aromatic N) is 1. The second-order valence-corrected chi connectivity index (χ2v) is 7.74. The van der Waals surface area contributed by atoms with Gasteiger partial charge < -0.3 is 10.1 Å². The minimum atomic E-state index is -0.210. The molecule has 0 saturated heterocycles. The molecule has 142 valence electrons. The van der Waals surface area contributed by atoms with Gasteiger partial charge >= 0.3 is 0 Å². The summed E-state index contributed by atoms with van der Waals surface area (Å²) in [6.45, 7) is 4.24. The maximum absolute atomic E-state index is 12.5. The topological polar surface area (TPSA) is 62.1 Å². The molecule has 2 aromatic carbocycles. The number of rotatable bonds is 7. The lowest BCUT2D eigenvalue weighted by molar-refractivity contribution is -0.123. The van der Waals surface area contributed by atoms with E-state index in [1.54, 1.807) is 35.6 Å². The third kappa shape index (κ3) is 4.99. The molecule has 0 aliphatic carbocycles. The molecule has 5 heteroatoms. The van der Waals surface area contributed by atoms with Gasteiger partial charge in [-0.2, -0.15) is 5.26 Å². The average Bonchev–Trinajstić information content (AvgIpc) is 3.25. The lowest BCUT2D eigenvalue weighted by Crippen LogP contribution is -2.32. The molecule has 0 spiro atoms. The molecule has 0 aliphatic rings. The van der Waals surface area contributed by atoms with E-state index >= 15 is 0 Å². The van der Waals surface area contributed by atoms with Gasteiger partial charge in [-0.3, -0.25) is 4.79 Å². The van der Waals surface area contributed by atoms with E-state index < -0.39 is 0 Å². The van der Waals surface area contributed by atoms with Crippen LogP contribution in [0.3, 0.4) is 0 Å². The predicted octanol–water partition coefficient (Wildman–Crippen LogP) is 5.03. The van der Waals surface area contributed by atoms with Crippen LogP contribution >= 0.6 is 11.3 Å². The summed E-state index contributed by atoms with van der Waals surface area (Å²) < 4.78 is 5.55. The Labute approximate surface area is 169 Å². The van der Waals surface area contributed by atoms with E-state index in [1.165, 1.54) is 5.56 Å². The Morgan fingerprint density at radius 2 is 1.75 bits per heavy atom. The maximum atomic E-state index is 12.5. The largest absolute Gasteiger partial charge is 0.484 e. The number of hydrogen-bond donors (Lipinski definition) is 1. The van der Waals surface area contributed by atoms with Gasteiger partial charge in [0.25, 0.3) is 5.91 Å². The van der Waals surface area contributed by atoms with Crippen molar-refractivity contribution in [3.8, 4) is 11.8 Å². The Kier molecular flexibility index (Phi) is 6.46. The number of ether oxygens (including phenoxy) is 1. The van der Waals surface area contributed by atoms with Gasteiger partial charge in [-0.05, 0) is 52.8 Å². The van der Waals surface area contributed by atoms with Crippen LogP contribution in [-0.4, -0.2) is 12.5 Å². The number of nitriles is 1. The lowest BCUT2D eigenvalue weighted by atomic mass is 9.98. The lowest BCUT2D eigenvalue weighted by Gasteiger charge is -2.19. The number of carbonyl (C=O) groups excluding carboxylic acids is 1. The fraction of sp³-hybridized carbons (Fsp3) is 0.217. The monoisotopic (exact) mass is 390 g/mol. The molecule has 0 aliphatic heterocycles. The van der Waals surface area contributed by atoms with E-state index in [-0.39, 0.29) is 18.6 Å². The highest BCUT2D eigenvalue weighted by Crippen LogP contribution is 2.27. The second kappa shape index (κ2) is 9.20. The molecule has 1 heterocycles. The highest BCUT2D eigenvalue weighted by molar-refractivity contribution is 7.10. The highest BCUT2D eigenvalue weighted by Gasteiger charge is 2.18. The summed E-state index contributed by atoms with van der Waals surface area (Å²) in [5.41, 5.74) is 2.86. The van der Waals surface area contributed by atoms with Crippen molar-refractivity contribution in [2.75, 3.05) is 6.61 Å². The maximum Gasteiger partial charge on any atom is 0.258 e. The molecule has 3 aromatic rings. The molecule has 4 nitrogen and oxygen atoms in total. The predicted molar refractivity (Wildman–Crippen MR) is 111 cm³/mol. The normalized spacial score (nSPS) is 11.6. The number of amides is 1. The van der Waals surface area contributed by atoms with Crippen LogP contribution in [0.4, 0.5) is 0 Å². The minimum absolute atomic E-state index is 0.0855. The Balaban J connectivity index is 1.69. The van der Waals surface area contributed by atoms with Crippen LogP contribution in [0.5, 0.6) is 5.75 Å². The molecule has 1 atom stereocenters. The molecule has 1 aromatic heterocycles. The van der Waals surface area contributed by atoms with E-state index in [0.717, 1.165) is 10.4 Å². The number of thiophene rings is 1. The third-order valence-electron chi connectivity index (χ3n) is 4.42. The van der Waals surface area contributed by atoms with E-state index in [1.807, 2.05) is 17.5 Å². The fourth-order valence-electron chi connectivity index (χ4n) is 2.82. The standard InChI is InChI=1S/C23H22N2O2S/c1-16(2)18-7-9-19(10-8-18)23(21-4-3-13-28-21)25-22(26)15-27-20-11-5-17(14-24)6-12-20/h3-13,16,23H,15H2,1-2H3,(H,25,26)/t23-/m1/s1. The van der Waals surface area contributed by atoms with Crippen molar-refractivity contribution in [2.45, 2.75) is 25.8 Å². The third-order valence-corrected chi connectivity index (χ3v) is 5.36. The van der Waals surface area contributed by atoms with Gasteiger partial charge in [0.05, 0.1) is 17.7 Å². The number of carbonyl (C=O) groups is 1. The number of hydrogen-bond acceptors (Lipinski definition) is 4. The number of benzene rings is 2. The van der Waals surface area contributed by atoms with Crippen molar-refractivity contribution in [2.24, 2.45) is 0 Å². The van der Waals surface area contributed by atoms with Crippen LogP contribution in [0.2, 0.25) is 0 Å². The van der Waals surface area contributed by atoms with Gasteiger partial charge in [0.2, 0.25) is 0 Å². The molecule has 0 unspecified atom stereocenters. The molecule has 0 radical (unpaired) electrons. The summed E-state index contributed by atoms with van der Waals surface area (Å²) in [5.74, 6) is 0.823. The van der Waals surface area contributed by atoms with Crippen molar-refractivity contribution in [3.05, 3.63) is 87.6 Å². The van der Waals surface area contributed by atoms with Crippen LogP contribution in [-0.2, 0) is 4.79 Å². The van der Waals surface area contributed by atoms with Gasteiger partial charge in [-0.1, -0.05) is 44.2 Å². The van der Waals surface area contributed by atoms with Crippen molar-refractivity contribution in [3.63, 3.8) is 0 Å². The SMILES string of the molecule is CC(C)c1ccc([C@@H](NC(=O)COc2ccc(C#N)cc2)c2cccs2)cc1. The zero-order valence-corrected chi connectivity index (χ0v) is 16.7. The molecule has 0 saturated carbocycles. The molecule has 3 rings (SSSR count). The van der Waals surface area contributed by atoms with Crippen LogP contribution in [0.15, 0.2) is 66.0 Å². The van der Waals surface area contributed by atoms with Crippen LogP contribution < -0.4 is 10.1 Å². The Bertz CT molecular complexity index is 940. The summed E-state index contributed by atoms with van der Waals surface area (Å²) in [4.78, 5) is 13.6. The first kappa shape index (κ1) is 19.7. The Hall–Kier alpha value is -3.10. The molecular weight excluding hydrogens is 368 g/mol. The van der Waals surface area contributed by atoms with Crippen molar-refractivity contribution < 1.29 is 9.53 Å². The van der Waals surface area contributed by atoms with Gasteiger partial charge in [-0.15, -0.1) is 11.3 Å². The Morgan fingerprint density at radius 1 is 1.07 bits per heavy atom. The zero-order chi connectivity index (χ0) is 19.9. The Morgan fingerprint density at radius 3 is 2.32 bits per heavy atom. The fourth-order valence-corrected chi connectivity index (χ4v) is 3.63. The van der Waals surface area contributed by atoms with Crippen molar-refractivity contribution >= 4 is 17.2 Å². The van der Waals surface area contributed by atoms with Crippen molar-refractivity contribution in [1.82, 2.24) is 5.32 Å². The van der Waals surface area contributed by atoms with Gasteiger partial charge in [0, 0.05) is 4.88 Å². The van der Waals surface area contributed by atoms with Crippen molar-refractivity contribution in [1.29, 1.82) is 5.26 Å². The summed E-state index contributed by atoms with van der Waals surface area (Å²) in [6, 6.07) is 20.9. The summed E-state index contributed by atoms with van der Waals surface area (Å²) in [7, 11) is 0. The first-order valence-corrected chi connectivity index (χ1v) is 10.0. The first-order valence-electron chi connectivity index (χ1n) is 9.12. The molecule has 0 bridgehead atoms. The van der Waals surface area contributed by atoms with E-state index in [9.17, 15) is 4.79 Å². The van der Waals surface area contributed by atoms with Gasteiger partial charge in [-0.25, -0.2) is 0 Å². The van der Waals surface area contributed by atoms with Crippen LogP contribution in [0.1, 0.15) is 47.4 Å².